The molecule has 1 aliphatic carbocycles. The van der Waals surface area contributed by atoms with Gasteiger partial charge in [0.15, 0.2) is 5.82 Å². The molecule has 1 saturated heterocycles. The lowest BCUT2D eigenvalue weighted by Crippen LogP contribution is -2.55. The van der Waals surface area contributed by atoms with Gasteiger partial charge < -0.3 is 24.8 Å². The molecule has 3 heterocycles. The molecule has 0 bridgehead atoms. The summed E-state index contributed by atoms with van der Waals surface area (Å²) >= 11 is 0. The second-order valence-electron chi connectivity index (χ2n) is 11.3. The van der Waals surface area contributed by atoms with Crippen LogP contribution in [0.3, 0.4) is 0 Å². The number of carbonyl (C=O) groups is 2. The number of likely N-dealkylation sites (tertiary alicyclic amines) is 1. The molecule has 1 aromatic heterocycles. The van der Waals surface area contributed by atoms with Gasteiger partial charge in [0.05, 0.1) is 6.20 Å². The number of aromatic nitrogens is 2. The van der Waals surface area contributed by atoms with E-state index in [0.717, 1.165) is 43.6 Å². The van der Waals surface area contributed by atoms with E-state index in [2.05, 4.69) is 29.0 Å². The first-order valence-electron chi connectivity index (χ1n) is 13.3. The molecule has 0 aromatic carbocycles. The molecular weight excluding hydrogens is 444 g/mol. The molecule has 2 aliphatic heterocycles. The molecule has 2 atom stereocenters. The Morgan fingerprint density at radius 2 is 1.86 bits per heavy atom. The molecule has 35 heavy (non-hydrogen) atoms. The van der Waals surface area contributed by atoms with Crippen LogP contribution >= 0.6 is 0 Å². The van der Waals surface area contributed by atoms with Gasteiger partial charge in [-0.15, -0.1) is 0 Å². The summed E-state index contributed by atoms with van der Waals surface area (Å²) in [5.41, 5.74) is 0.310. The molecule has 0 spiro atoms. The number of carbonyl (C=O) groups excluding carboxylic acids is 2. The summed E-state index contributed by atoms with van der Waals surface area (Å²) in [5.74, 6) is 2.01. The number of nitrogens with zero attached hydrogens (tertiary/aromatic N) is 5. The van der Waals surface area contributed by atoms with Gasteiger partial charge in [0.1, 0.15) is 17.3 Å². The lowest BCUT2D eigenvalue weighted by molar-refractivity contribution is -0.120. The Morgan fingerprint density at radius 3 is 2.46 bits per heavy atom. The van der Waals surface area contributed by atoms with Crippen molar-refractivity contribution in [1.29, 1.82) is 0 Å². The number of nitrogens with one attached hydrogen (secondary N) is 1. The van der Waals surface area contributed by atoms with Crippen LogP contribution in [-0.2, 0) is 9.53 Å². The summed E-state index contributed by atoms with van der Waals surface area (Å²) in [6.45, 7) is 11.3. The highest BCUT2D eigenvalue weighted by molar-refractivity contribution is 6.04. The molecule has 0 radical (unpaired) electrons. The highest BCUT2D eigenvalue weighted by Crippen LogP contribution is 2.40. The van der Waals surface area contributed by atoms with E-state index >= 15 is 0 Å². The number of anilines is 3. The summed E-state index contributed by atoms with van der Waals surface area (Å²) in [5, 5.41) is 3.53. The van der Waals surface area contributed by atoms with E-state index in [-0.39, 0.29) is 24.1 Å². The Kier molecular flexibility index (Phi) is 7.43. The molecule has 1 unspecified atom stereocenters. The Balaban J connectivity index is 1.45. The average Bonchev–Trinajstić information content (AvgIpc) is 3.34. The number of piperidine rings is 1. The standard InChI is InChI=1S/C26H42N6O3/c1-7-20-23(33)30(6)21-16-27-24(29-22(21)32(20)19-10-8-9-11-19)28-17(2)18-12-14-31(15-13-18)25(34)35-26(3,4)5/h16-20H,7-15H2,1-6H3,(H,27,28,29)/t17-,20?/m0/s1. The van der Waals surface area contributed by atoms with Crippen molar-refractivity contribution in [2.45, 2.75) is 103 Å². The first-order chi connectivity index (χ1) is 16.6. The maximum absolute atomic E-state index is 13.1. The van der Waals surface area contributed by atoms with E-state index in [9.17, 15) is 9.59 Å². The zero-order chi connectivity index (χ0) is 25.3. The molecule has 2 fully saturated rings. The highest BCUT2D eigenvalue weighted by Gasteiger charge is 2.41. The highest BCUT2D eigenvalue weighted by atomic mass is 16.6. The van der Waals surface area contributed by atoms with Gasteiger partial charge in [-0.3, -0.25) is 4.79 Å². The maximum Gasteiger partial charge on any atom is 0.410 e. The van der Waals surface area contributed by atoms with Crippen LogP contribution in [0.2, 0.25) is 0 Å². The Labute approximate surface area is 209 Å². The minimum absolute atomic E-state index is 0.126. The SMILES string of the molecule is CCC1C(=O)N(C)c2cnc(N[C@@H](C)C3CCN(C(=O)OC(C)(C)C)CC3)nc2N1C1CCCC1. The van der Waals surface area contributed by atoms with Crippen LogP contribution in [0.1, 0.15) is 79.6 Å². The third-order valence-electron chi connectivity index (χ3n) is 7.67. The average molecular weight is 487 g/mol. The second kappa shape index (κ2) is 10.2. The fourth-order valence-corrected chi connectivity index (χ4v) is 5.68. The fourth-order valence-electron chi connectivity index (χ4n) is 5.68. The van der Waals surface area contributed by atoms with Crippen LogP contribution in [-0.4, -0.2) is 70.7 Å². The van der Waals surface area contributed by atoms with E-state index in [1.807, 2.05) is 27.8 Å². The largest absolute Gasteiger partial charge is 0.444 e. The predicted molar refractivity (Wildman–Crippen MR) is 138 cm³/mol. The number of hydrogen-bond donors (Lipinski definition) is 1. The second-order valence-corrected chi connectivity index (χ2v) is 11.3. The number of fused-ring (bicyclic) bond motifs is 1. The van der Waals surface area contributed by atoms with Crippen LogP contribution in [0.5, 0.6) is 0 Å². The van der Waals surface area contributed by atoms with Crippen molar-refractivity contribution >= 4 is 29.5 Å². The molecule has 1 aromatic rings. The summed E-state index contributed by atoms with van der Waals surface area (Å²) < 4.78 is 5.53. The number of likely N-dealkylation sites (N-methyl/N-ethyl adjacent to an activating group) is 1. The van der Waals surface area contributed by atoms with Gasteiger partial charge in [0.25, 0.3) is 0 Å². The van der Waals surface area contributed by atoms with E-state index in [0.29, 0.717) is 31.0 Å². The van der Waals surface area contributed by atoms with Crippen molar-refractivity contribution in [3.05, 3.63) is 6.20 Å². The van der Waals surface area contributed by atoms with Crippen molar-refractivity contribution < 1.29 is 14.3 Å². The lowest BCUT2D eigenvalue weighted by Gasteiger charge is -2.43. The minimum atomic E-state index is -0.478. The molecule has 9 nitrogen and oxygen atoms in total. The quantitative estimate of drug-likeness (QED) is 0.658. The molecule has 4 rings (SSSR count). The van der Waals surface area contributed by atoms with Crippen molar-refractivity contribution in [2.24, 2.45) is 5.92 Å². The zero-order valence-corrected chi connectivity index (χ0v) is 22.2. The lowest BCUT2D eigenvalue weighted by atomic mass is 9.90. The summed E-state index contributed by atoms with van der Waals surface area (Å²) in [6, 6.07) is 0.348. The van der Waals surface area contributed by atoms with Gasteiger partial charge in [0.2, 0.25) is 11.9 Å². The number of ether oxygens (including phenoxy) is 1. The molecule has 1 saturated carbocycles. The molecule has 2 amide bonds. The smallest absolute Gasteiger partial charge is 0.410 e. The number of amides is 2. The topological polar surface area (TPSA) is 90.9 Å². The van der Waals surface area contributed by atoms with Crippen LogP contribution in [0, 0.1) is 5.92 Å². The third kappa shape index (κ3) is 5.48. The van der Waals surface area contributed by atoms with E-state index < -0.39 is 5.60 Å². The summed E-state index contributed by atoms with van der Waals surface area (Å²) in [4.78, 5) is 40.8. The van der Waals surface area contributed by atoms with Crippen LogP contribution in [0.25, 0.3) is 0 Å². The van der Waals surface area contributed by atoms with Gasteiger partial charge in [0, 0.05) is 32.2 Å². The first-order valence-corrected chi connectivity index (χ1v) is 13.3. The Hall–Kier alpha value is -2.58. The van der Waals surface area contributed by atoms with Gasteiger partial charge >= 0.3 is 6.09 Å². The molecule has 1 N–H and O–H groups in total. The maximum atomic E-state index is 13.1. The van der Waals surface area contributed by atoms with Crippen molar-refractivity contribution in [3.8, 4) is 0 Å². The van der Waals surface area contributed by atoms with Gasteiger partial charge in [-0.1, -0.05) is 19.8 Å². The van der Waals surface area contributed by atoms with E-state index in [1.165, 1.54) is 12.8 Å². The van der Waals surface area contributed by atoms with E-state index in [1.54, 1.807) is 16.0 Å². The minimum Gasteiger partial charge on any atom is -0.444 e. The number of hydrogen-bond acceptors (Lipinski definition) is 7. The van der Waals surface area contributed by atoms with Gasteiger partial charge in [-0.2, -0.15) is 4.98 Å². The normalized spacial score (nSPS) is 22.9. The first kappa shape index (κ1) is 25.5. The molecule has 3 aliphatic rings. The monoisotopic (exact) mass is 486 g/mol. The fraction of sp³-hybridized carbons (Fsp3) is 0.769. The van der Waals surface area contributed by atoms with Crippen molar-refractivity contribution in [3.63, 3.8) is 0 Å². The summed E-state index contributed by atoms with van der Waals surface area (Å²) in [6.07, 6.45) is 8.73. The molecule has 9 heteroatoms. The molecule has 194 valence electrons. The Morgan fingerprint density at radius 1 is 1.20 bits per heavy atom. The zero-order valence-electron chi connectivity index (χ0n) is 22.2. The Bertz CT molecular complexity index is 918. The van der Waals surface area contributed by atoms with Crippen LogP contribution in [0.15, 0.2) is 6.20 Å². The number of rotatable bonds is 5. The van der Waals surface area contributed by atoms with E-state index in [4.69, 9.17) is 9.72 Å². The van der Waals surface area contributed by atoms with Crippen LogP contribution in [0.4, 0.5) is 22.2 Å². The predicted octanol–water partition coefficient (Wildman–Crippen LogP) is 4.43. The molecular formula is C26H42N6O3. The van der Waals surface area contributed by atoms with Crippen molar-refractivity contribution in [1.82, 2.24) is 14.9 Å². The van der Waals surface area contributed by atoms with Crippen LogP contribution < -0.4 is 15.1 Å². The third-order valence-corrected chi connectivity index (χ3v) is 7.67. The van der Waals surface area contributed by atoms with Crippen molar-refractivity contribution in [2.75, 3.05) is 35.3 Å². The summed E-state index contributed by atoms with van der Waals surface area (Å²) in [7, 11) is 1.83. The van der Waals surface area contributed by atoms with Gasteiger partial charge in [-0.05, 0) is 65.7 Å². The van der Waals surface area contributed by atoms with Gasteiger partial charge in [-0.25, -0.2) is 9.78 Å².